The Hall–Kier alpha value is -3.40. The lowest BCUT2D eigenvalue weighted by Crippen LogP contribution is -2.56. The molecular formula is C27H30F3N3O4. The lowest BCUT2D eigenvalue weighted by Gasteiger charge is -2.38. The van der Waals surface area contributed by atoms with E-state index in [9.17, 15) is 27.6 Å². The molecular weight excluding hydrogens is 487 g/mol. The summed E-state index contributed by atoms with van der Waals surface area (Å²) in [5, 5.41) is 2.94. The van der Waals surface area contributed by atoms with Crippen molar-refractivity contribution < 1.29 is 32.3 Å². The second-order valence-electron chi connectivity index (χ2n) is 9.46. The van der Waals surface area contributed by atoms with Crippen LogP contribution in [0.3, 0.4) is 0 Å². The van der Waals surface area contributed by atoms with E-state index in [0.29, 0.717) is 57.8 Å². The third-order valence-corrected chi connectivity index (χ3v) is 6.91. The summed E-state index contributed by atoms with van der Waals surface area (Å²) < 4.78 is 43.9. The first kappa shape index (κ1) is 26.7. The van der Waals surface area contributed by atoms with Gasteiger partial charge < -0.3 is 19.9 Å². The van der Waals surface area contributed by atoms with Crippen molar-refractivity contribution >= 4 is 17.7 Å². The molecule has 2 aromatic carbocycles. The van der Waals surface area contributed by atoms with Gasteiger partial charge in [0.1, 0.15) is 6.04 Å². The molecule has 2 aromatic rings. The zero-order valence-electron chi connectivity index (χ0n) is 20.6. The molecule has 0 aliphatic carbocycles. The molecule has 4 rings (SSSR count). The quantitative estimate of drug-likeness (QED) is 0.659. The second-order valence-corrected chi connectivity index (χ2v) is 9.46. The van der Waals surface area contributed by atoms with Crippen LogP contribution in [0.2, 0.25) is 0 Å². The Kier molecular flexibility index (Phi) is 8.16. The van der Waals surface area contributed by atoms with Crippen molar-refractivity contribution in [3.05, 3.63) is 70.8 Å². The number of rotatable bonds is 5. The molecule has 2 fully saturated rings. The van der Waals surface area contributed by atoms with Crippen LogP contribution in [0.4, 0.5) is 13.2 Å². The van der Waals surface area contributed by atoms with E-state index in [4.69, 9.17) is 4.74 Å². The summed E-state index contributed by atoms with van der Waals surface area (Å²) in [6, 6.07) is 10.5. The number of ether oxygens (including phenoxy) is 1. The minimum Gasteiger partial charge on any atom is -0.378 e. The summed E-state index contributed by atoms with van der Waals surface area (Å²) in [7, 11) is 0. The van der Waals surface area contributed by atoms with E-state index in [-0.39, 0.29) is 29.2 Å². The van der Waals surface area contributed by atoms with E-state index in [0.717, 1.165) is 17.7 Å². The van der Waals surface area contributed by atoms with Gasteiger partial charge in [-0.2, -0.15) is 13.2 Å². The van der Waals surface area contributed by atoms with E-state index in [1.807, 2.05) is 13.0 Å². The van der Waals surface area contributed by atoms with Gasteiger partial charge in [0.15, 0.2) is 0 Å². The summed E-state index contributed by atoms with van der Waals surface area (Å²) in [4.78, 5) is 42.7. The Balaban J connectivity index is 1.45. The molecule has 10 heteroatoms. The maximum Gasteiger partial charge on any atom is 0.416 e. The molecule has 37 heavy (non-hydrogen) atoms. The van der Waals surface area contributed by atoms with Crippen molar-refractivity contribution in [1.29, 1.82) is 0 Å². The number of halogens is 3. The van der Waals surface area contributed by atoms with Crippen molar-refractivity contribution in [3.8, 4) is 0 Å². The molecule has 198 valence electrons. The van der Waals surface area contributed by atoms with Gasteiger partial charge in [0.05, 0.1) is 18.8 Å². The van der Waals surface area contributed by atoms with Gasteiger partial charge in [-0.25, -0.2) is 0 Å². The van der Waals surface area contributed by atoms with Crippen LogP contribution in [-0.4, -0.2) is 73.0 Å². The minimum absolute atomic E-state index is 0.170. The molecule has 2 heterocycles. The first-order valence-corrected chi connectivity index (χ1v) is 12.3. The fraction of sp³-hybridized carbons (Fsp3) is 0.444. The number of likely N-dealkylation sites (tertiary alicyclic amines) is 1. The largest absolute Gasteiger partial charge is 0.416 e. The molecule has 0 bridgehead atoms. The van der Waals surface area contributed by atoms with Crippen LogP contribution in [0.5, 0.6) is 0 Å². The Morgan fingerprint density at radius 1 is 0.919 bits per heavy atom. The highest BCUT2D eigenvalue weighted by atomic mass is 19.4. The van der Waals surface area contributed by atoms with Gasteiger partial charge in [0, 0.05) is 37.3 Å². The Morgan fingerprint density at radius 3 is 2.16 bits per heavy atom. The Morgan fingerprint density at radius 2 is 1.57 bits per heavy atom. The number of hydrogen-bond donors (Lipinski definition) is 1. The van der Waals surface area contributed by atoms with Crippen LogP contribution in [0.1, 0.15) is 44.7 Å². The fourth-order valence-electron chi connectivity index (χ4n) is 4.79. The Labute approximate surface area is 213 Å². The number of carbonyl (C=O) groups excluding carboxylic acids is 3. The summed E-state index contributed by atoms with van der Waals surface area (Å²) in [5.41, 5.74) is 0.769. The Bertz CT molecular complexity index is 1120. The maximum absolute atomic E-state index is 13.5. The monoisotopic (exact) mass is 517 g/mol. The number of aryl methyl sites for hydroxylation is 1. The molecule has 0 saturated carbocycles. The van der Waals surface area contributed by atoms with E-state index in [1.54, 1.807) is 28.0 Å². The van der Waals surface area contributed by atoms with Gasteiger partial charge >= 0.3 is 6.18 Å². The van der Waals surface area contributed by atoms with Crippen molar-refractivity contribution in [2.45, 2.75) is 32.0 Å². The summed E-state index contributed by atoms with van der Waals surface area (Å²) in [5.74, 6) is -1.05. The van der Waals surface area contributed by atoms with Crippen LogP contribution in [0, 0.1) is 12.8 Å². The van der Waals surface area contributed by atoms with Gasteiger partial charge in [-0.15, -0.1) is 0 Å². The van der Waals surface area contributed by atoms with E-state index >= 15 is 0 Å². The normalized spacial score (nSPS) is 17.8. The average molecular weight is 518 g/mol. The lowest BCUT2D eigenvalue weighted by atomic mass is 9.87. The molecule has 7 nitrogen and oxygen atoms in total. The number of nitrogens with zero attached hydrogens (tertiary/aromatic N) is 2. The van der Waals surface area contributed by atoms with Crippen molar-refractivity contribution in [2.75, 3.05) is 39.4 Å². The predicted octanol–water partition coefficient (Wildman–Crippen LogP) is 3.52. The van der Waals surface area contributed by atoms with E-state index in [2.05, 4.69) is 5.32 Å². The van der Waals surface area contributed by atoms with Crippen LogP contribution in [0.15, 0.2) is 48.5 Å². The number of benzene rings is 2. The third-order valence-electron chi connectivity index (χ3n) is 6.91. The number of piperidine rings is 1. The van der Waals surface area contributed by atoms with Crippen LogP contribution >= 0.6 is 0 Å². The smallest absolute Gasteiger partial charge is 0.378 e. The lowest BCUT2D eigenvalue weighted by molar-refractivity contribution is -0.139. The molecule has 2 aliphatic heterocycles. The summed E-state index contributed by atoms with van der Waals surface area (Å²) in [6.07, 6.45) is -3.52. The number of carbonyl (C=O) groups is 3. The topological polar surface area (TPSA) is 79.0 Å². The molecule has 0 spiro atoms. The van der Waals surface area contributed by atoms with Crippen LogP contribution in [-0.2, 0) is 15.7 Å². The minimum atomic E-state index is -4.47. The molecule has 1 N–H and O–H groups in total. The van der Waals surface area contributed by atoms with Gasteiger partial charge in [0.2, 0.25) is 5.91 Å². The van der Waals surface area contributed by atoms with Gasteiger partial charge in [-0.1, -0.05) is 17.7 Å². The van der Waals surface area contributed by atoms with Crippen molar-refractivity contribution in [1.82, 2.24) is 15.1 Å². The maximum atomic E-state index is 13.5. The summed E-state index contributed by atoms with van der Waals surface area (Å²) in [6.45, 7) is 4.31. The van der Waals surface area contributed by atoms with Crippen molar-refractivity contribution in [2.24, 2.45) is 5.92 Å². The zero-order chi connectivity index (χ0) is 26.6. The molecule has 0 aromatic heterocycles. The van der Waals surface area contributed by atoms with Crippen LogP contribution < -0.4 is 5.32 Å². The number of amides is 3. The summed E-state index contributed by atoms with van der Waals surface area (Å²) >= 11 is 0. The molecule has 1 atom stereocenters. The molecule has 0 radical (unpaired) electrons. The van der Waals surface area contributed by atoms with E-state index < -0.39 is 17.8 Å². The van der Waals surface area contributed by atoms with Crippen molar-refractivity contribution in [3.63, 3.8) is 0 Å². The van der Waals surface area contributed by atoms with Gasteiger partial charge in [0.25, 0.3) is 11.8 Å². The molecule has 3 amide bonds. The predicted molar refractivity (Wildman–Crippen MR) is 130 cm³/mol. The molecule has 0 unspecified atom stereocenters. The second kappa shape index (κ2) is 11.3. The van der Waals surface area contributed by atoms with Gasteiger partial charge in [-0.05, 0) is 62.1 Å². The van der Waals surface area contributed by atoms with E-state index in [1.165, 1.54) is 12.1 Å². The molecule has 2 aliphatic rings. The first-order valence-electron chi connectivity index (χ1n) is 12.3. The highest BCUT2D eigenvalue weighted by Crippen LogP contribution is 2.30. The zero-order valence-corrected chi connectivity index (χ0v) is 20.6. The molecule has 2 saturated heterocycles. The van der Waals surface area contributed by atoms with Crippen LogP contribution in [0.25, 0.3) is 0 Å². The average Bonchev–Trinajstić information content (AvgIpc) is 2.91. The number of morpholine rings is 1. The first-order chi connectivity index (χ1) is 17.6. The number of nitrogens with one attached hydrogen (secondary N) is 1. The highest BCUT2D eigenvalue weighted by Gasteiger charge is 2.37. The fourth-order valence-corrected chi connectivity index (χ4v) is 4.79. The SMILES string of the molecule is Cc1cccc(C(=O)N[C@@H](C(=O)N2CCOCC2)C2CCN(C(=O)c3ccc(C(F)(F)F)cc3)CC2)c1. The number of hydrogen-bond acceptors (Lipinski definition) is 4. The third kappa shape index (κ3) is 6.49. The standard InChI is InChI=1S/C27H30F3N3O4/c1-18-3-2-4-21(17-18)24(34)31-23(26(36)33-13-15-37-16-14-33)19-9-11-32(12-10-19)25(35)20-5-7-22(8-6-20)27(28,29)30/h2-8,17,19,23H,9-16H2,1H3,(H,31,34)/t23-/m1/s1. The highest BCUT2D eigenvalue weighted by molar-refractivity contribution is 5.98. The van der Waals surface area contributed by atoms with Gasteiger partial charge in [-0.3, -0.25) is 14.4 Å². The number of alkyl halides is 3.